The molecule has 0 bridgehead atoms. The van der Waals surface area contributed by atoms with E-state index in [1.165, 1.54) is 30.0 Å². The van der Waals surface area contributed by atoms with Crippen molar-refractivity contribution in [3.63, 3.8) is 0 Å². The van der Waals surface area contributed by atoms with Crippen LogP contribution in [0.4, 0.5) is 17.1 Å². The molecule has 0 aromatic heterocycles. The van der Waals surface area contributed by atoms with Gasteiger partial charge in [0.2, 0.25) is 0 Å². The average Bonchev–Trinajstić information content (AvgIpc) is 2.68. The monoisotopic (exact) mass is 368 g/mol. The fraction of sp³-hybridized carbons (Fsp3) is 0.350. The predicted octanol–water partition coefficient (Wildman–Crippen LogP) is 3.30. The minimum Gasteiger partial charge on any atom is -0.369 e. The maximum Gasteiger partial charge on any atom is 0.269 e. The molecule has 1 aliphatic rings. The summed E-state index contributed by atoms with van der Waals surface area (Å²) in [7, 11) is 0. The van der Waals surface area contributed by atoms with Gasteiger partial charge >= 0.3 is 0 Å². The highest BCUT2D eigenvalue weighted by Gasteiger charge is 2.17. The van der Waals surface area contributed by atoms with Crippen molar-refractivity contribution >= 4 is 23.0 Å². The van der Waals surface area contributed by atoms with E-state index < -0.39 is 4.92 Å². The molecule has 27 heavy (non-hydrogen) atoms. The van der Waals surface area contributed by atoms with Crippen molar-refractivity contribution in [1.82, 2.24) is 4.90 Å². The van der Waals surface area contributed by atoms with Gasteiger partial charge in [-0.15, -0.1) is 0 Å². The number of nitrogens with zero attached hydrogens (tertiary/aromatic N) is 3. The van der Waals surface area contributed by atoms with Crippen LogP contribution >= 0.6 is 0 Å². The number of likely N-dealkylation sites (N-methyl/N-ethyl adjacent to an activating group) is 1. The Morgan fingerprint density at radius 3 is 2.33 bits per heavy atom. The van der Waals surface area contributed by atoms with E-state index in [2.05, 4.69) is 22.0 Å². The first-order valence-electron chi connectivity index (χ1n) is 9.11. The van der Waals surface area contributed by atoms with Crippen LogP contribution in [-0.4, -0.2) is 48.5 Å². The number of benzene rings is 2. The van der Waals surface area contributed by atoms with E-state index in [0.29, 0.717) is 11.3 Å². The van der Waals surface area contributed by atoms with E-state index in [0.717, 1.165) is 38.3 Å². The summed E-state index contributed by atoms with van der Waals surface area (Å²) in [5.41, 5.74) is 3.38. The quantitative estimate of drug-likeness (QED) is 0.647. The summed E-state index contributed by atoms with van der Waals surface area (Å²) >= 11 is 0. The molecule has 1 N–H and O–H groups in total. The maximum atomic E-state index is 12.4. The standard InChI is InChI=1S/C20H24N4O3/c1-3-22-10-12-23(13-11-22)19-9-6-17(14-15(19)2)21-20(25)16-4-7-18(8-5-16)24(26)27/h4-9,14H,3,10-13H2,1-2H3,(H,21,25). The summed E-state index contributed by atoms with van der Waals surface area (Å²) in [6.07, 6.45) is 0. The van der Waals surface area contributed by atoms with Gasteiger partial charge in [-0.2, -0.15) is 0 Å². The number of aryl methyl sites for hydroxylation is 1. The molecule has 0 atom stereocenters. The van der Waals surface area contributed by atoms with Gasteiger partial charge in [0.05, 0.1) is 4.92 Å². The molecule has 1 saturated heterocycles. The molecule has 0 saturated carbocycles. The smallest absolute Gasteiger partial charge is 0.269 e. The second kappa shape index (κ2) is 8.18. The number of piperazine rings is 1. The van der Waals surface area contributed by atoms with Gasteiger partial charge in [-0.25, -0.2) is 0 Å². The molecule has 7 heteroatoms. The number of rotatable bonds is 5. The Morgan fingerprint density at radius 2 is 1.78 bits per heavy atom. The van der Waals surface area contributed by atoms with Crippen molar-refractivity contribution in [2.24, 2.45) is 0 Å². The van der Waals surface area contributed by atoms with Gasteiger partial charge in [-0.1, -0.05) is 6.92 Å². The van der Waals surface area contributed by atoms with Gasteiger partial charge in [0.1, 0.15) is 0 Å². The van der Waals surface area contributed by atoms with Crippen LogP contribution in [0.3, 0.4) is 0 Å². The number of nitrogens with one attached hydrogen (secondary N) is 1. The third-order valence-corrected chi connectivity index (χ3v) is 4.96. The van der Waals surface area contributed by atoms with Gasteiger partial charge in [0.25, 0.3) is 11.6 Å². The lowest BCUT2D eigenvalue weighted by Gasteiger charge is -2.36. The SMILES string of the molecule is CCN1CCN(c2ccc(NC(=O)c3ccc([N+](=O)[O-])cc3)cc2C)CC1. The number of hydrogen-bond donors (Lipinski definition) is 1. The first-order valence-corrected chi connectivity index (χ1v) is 9.11. The number of nitro groups is 1. The minimum atomic E-state index is -0.482. The molecule has 1 fully saturated rings. The van der Waals surface area contributed by atoms with E-state index in [9.17, 15) is 14.9 Å². The zero-order chi connectivity index (χ0) is 19.4. The van der Waals surface area contributed by atoms with Crippen LogP contribution < -0.4 is 10.2 Å². The van der Waals surface area contributed by atoms with Crippen molar-refractivity contribution in [2.75, 3.05) is 42.9 Å². The average molecular weight is 368 g/mol. The van der Waals surface area contributed by atoms with Gasteiger partial charge in [0.15, 0.2) is 0 Å². The first-order chi connectivity index (χ1) is 13.0. The number of nitro benzene ring substituents is 1. The Labute approximate surface area is 158 Å². The van der Waals surface area contributed by atoms with Crippen LogP contribution in [0, 0.1) is 17.0 Å². The van der Waals surface area contributed by atoms with Gasteiger partial charge in [0, 0.05) is 55.2 Å². The summed E-state index contributed by atoms with van der Waals surface area (Å²) < 4.78 is 0. The van der Waals surface area contributed by atoms with E-state index in [1.54, 1.807) is 0 Å². The fourth-order valence-corrected chi connectivity index (χ4v) is 3.33. The lowest BCUT2D eigenvalue weighted by Crippen LogP contribution is -2.46. The van der Waals surface area contributed by atoms with Gasteiger partial charge in [-0.05, 0) is 49.4 Å². The van der Waals surface area contributed by atoms with Crippen LogP contribution in [-0.2, 0) is 0 Å². The molecule has 1 amide bonds. The maximum absolute atomic E-state index is 12.4. The highest BCUT2D eigenvalue weighted by molar-refractivity contribution is 6.04. The van der Waals surface area contributed by atoms with E-state index in [4.69, 9.17) is 0 Å². The summed E-state index contributed by atoms with van der Waals surface area (Å²) in [5, 5.41) is 13.6. The molecular weight excluding hydrogens is 344 g/mol. The lowest BCUT2D eigenvalue weighted by molar-refractivity contribution is -0.384. The lowest BCUT2D eigenvalue weighted by atomic mass is 10.1. The van der Waals surface area contributed by atoms with Gasteiger partial charge in [-0.3, -0.25) is 14.9 Å². The van der Waals surface area contributed by atoms with Crippen LogP contribution in [0.15, 0.2) is 42.5 Å². The second-order valence-corrected chi connectivity index (χ2v) is 6.68. The van der Waals surface area contributed by atoms with E-state index >= 15 is 0 Å². The number of carbonyl (C=O) groups excluding carboxylic acids is 1. The summed E-state index contributed by atoms with van der Waals surface area (Å²) in [5.74, 6) is -0.284. The van der Waals surface area contributed by atoms with E-state index in [1.807, 2.05) is 25.1 Å². The normalized spacial score (nSPS) is 14.8. The first kappa shape index (κ1) is 18.8. The van der Waals surface area contributed by atoms with Crippen molar-refractivity contribution in [3.05, 3.63) is 63.7 Å². The Morgan fingerprint density at radius 1 is 1.11 bits per heavy atom. The molecule has 2 aromatic rings. The van der Waals surface area contributed by atoms with Crippen molar-refractivity contribution in [2.45, 2.75) is 13.8 Å². The number of carbonyl (C=O) groups is 1. The molecule has 7 nitrogen and oxygen atoms in total. The molecule has 0 unspecified atom stereocenters. The molecule has 0 aliphatic carbocycles. The molecular formula is C20H24N4O3. The van der Waals surface area contributed by atoms with Crippen LogP contribution in [0.1, 0.15) is 22.8 Å². The highest BCUT2D eigenvalue weighted by Crippen LogP contribution is 2.25. The Bertz CT molecular complexity index is 828. The number of amides is 1. The van der Waals surface area contributed by atoms with Gasteiger partial charge < -0.3 is 15.1 Å². The number of non-ortho nitro benzene ring substituents is 1. The Kier molecular flexibility index (Phi) is 5.71. The number of hydrogen-bond acceptors (Lipinski definition) is 5. The molecule has 0 radical (unpaired) electrons. The zero-order valence-corrected chi connectivity index (χ0v) is 15.6. The topological polar surface area (TPSA) is 78.7 Å². The van der Waals surface area contributed by atoms with Crippen LogP contribution in [0.5, 0.6) is 0 Å². The molecule has 1 heterocycles. The largest absolute Gasteiger partial charge is 0.369 e. The molecule has 1 aliphatic heterocycles. The second-order valence-electron chi connectivity index (χ2n) is 6.68. The van der Waals surface area contributed by atoms with E-state index in [-0.39, 0.29) is 11.6 Å². The summed E-state index contributed by atoms with van der Waals surface area (Å²) in [4.78, 5) is 27.4. The third kappa shape index (κ3) is 4.43. The summed E-state index contributed by atoms with van der Waals surface area (Å²) in [6, 6.07) is 11.5. The van der Waals surface area contributed by atoms with Crippen molar-refractivity contribution in [1.29, 1.82) is 0 Å². The Balaban J connectivity index is 1.66. The molecule has 142 valence electrons. The molecule has 3 rings (SSSR count). The Hall–Kier alpha value is -2.93. The molecule has 0 spiro atoms. The molecule has 2 aromatic carbocycles. The predicted molar refractivity (Wildman–Crippen MR) is 107 cm³/mol. The minimum absolute atomic E-state index is 0.0325. The summed E-state index contributed by atoms with van der Waals surface area (Å²) in [6.45, 7) is 9.45. The van der Waals surface area contributed by atoms with Crippen LogP contribution in [0.25, 0.3) is 0 Å². The third-order valence-electron chi connectivity index (χ3n) is 4.96. The van der Waals surface area contributed by atoms with Crippen molar-refractivity contribution in [3.8, 4) is 0 Å². The fourth-order valence-electron chi connectivity index (χ4n) is 3.33. The van der Waals surface area contributed by atoms with Crippen molar-refractivity contribution < 1.29 is 9.72 Å². The van der Waals surface area contributed by atoms with Crippen LogP contribution in [0.2, 0.25) is 0 Å². The zero-order valence-electron chi connectivity index (χ0n) is 15.6. The number of anilines is 2. The highest BCUT2D eigenvalue weighted by atomic mass is 16.6.